The maximum atomic E-state index is 3.65. The van der Waals surface area contributed by atoms with Gasteiger partial charge in [0.05, 0.1) is 0 Å². The molecule has 0 aromatic rings. The molecule has 0 aromatic heterocycles. The van der Waals surface area contributed by atoms with Crippen LogP contribution in [0.25, 0.3) is 0 Å². The van der Waals surface area contributed by atoms with Crippen LogP contribution >= 0.6 is 0 Å². The first-order valence-corrected chi connectivity index (χ1v) is 6.74. The predicted molar refractivity (Wildman–Crippen MR) is 71.7 cm³/mol. The summed E-state index contributed by atoms with van der Waals surface area (Å²) in [6, 6.07) is 0. The van der Waals surface area contributed by atoms with Crippen molar-refractivity contribution in [2.24, 2.45) is 11.3 Å². The van der Waals surface area contributed by atoms with Gasteiger partial charge in [0.25, 0.3) is 0 Å². The Hall–Kier alpha value is -0.0800. The Morgan fingerprint density at radius 2 is 1.62 bits per heavy atom. The van der Waals surface area contributed by atoms with E-state index >= 15 is 0 Å². The van der Waals surface area contributed by atoms with Crippen LogP contribution < -0.4 is 10.6 Å². The molecule has 0 spiro atoms. The van der Waals surface area contributed by atoms with E-state index in [0.717, 1.165) is 19.0 Å². The molecule has 2 N–H and O–H groups in total. The fourth-order valence-electron chi connectivity index (χ4n) is 2.51. The van der Waals surface area contributed by atoms with E-state index in [1.165, 1.54) is 25.8 Å². The van der Waals surface area contributed by atoms with Crippen molar-refractivity contribution >= 4 is 0 Å². The van der Waals surface area contributed by atoms with Gasteiger partial charge in [-0.15, -0.1) is 0 Å². The normalized spacial score (nSPS) is 17.8. The molecule has 0 bridgehead atoms. The van der Waals surface area contributed by atoms with Gasteiger partial charge >= 0.3 is 0 Å². The summed E-state index contributed by atoms with van der Waals surface area (Å²) in [7, 11) is 0. The second-order valence-corrected chi connectivity index (χ2v) is 7.20. The Morgan fingerprint density at radius 1 is 1.00 bits per heavy atom. The molecule has 1 rings (SSSR count). The van der Waals surface area contributed by atoms with Gasteiger partial charge in [0, 0.05) is 18.6 Å². The van der Waals surface area contributed by atoms with Crippen LogP contribution in [0.1, 0.15) is 53.9 Å². The summed E-state index contributed by atoms with van der Waals surface area (Å²) < 4.78 is 0. The standard InChI is InChI=1S/C14H30N2/c1-13(2,3)11-14(4,5)16-9-8-15-10-12-6-7-12/h12,15-16H,6-11H2,1-5H3. The lowest BCUT2D eigenvalue weighted by atomic mass is 9.82. The maximum Gasteiger partial charge on any atom is 0.0130 e. The molecule has 0 aliphatic heterocycles. The average molecular weight is 226 g/mol. The largest absolute Gasteiger partial charge is 0.315 e. The molecule has 96 valence electrons. The summed E-state index contributed by atoms with van der Waals surface area (Å²) >= 11 is 0. The van der Waals surface area contributed by atoms with Gasteiger partial charge in [0.2, 0.25) is 0 Å². The van der Waals surface area contributed by atoms with Crippen LogP contribution in [0.5, 0.6) is 0 Å². The molecule has 2 nitrogen and oxygen atoms in total. The van der Waals surface area contributed by atoms with Gasteiger partial charge in [-0.05, 0) is 51.0 Å². The van der Waals surface area contributed by atoms with Crippen LogP contribution in [0.4, 0.5) is 0 Å². The number of nitrogens with one attached hydrogen (secondary N) is 2. The molecule has 1 fully saturated rings. The zero-order valence-corrected chi connectivity index (χ0v) is 11.8. The first kappa shape index (κ1) is 14.0. The zero-order chi connectivity index (χ0) is 12.2. The highest BCUT2D eigenvalue weighted by atomic mass is 15.0. The van der Waals surface area contributed by atoms with Gasteiger partial charge in [-0.2, -0.15) is 0 Å². The van der Waals surface area contributed by atoms with Crippen molar-refractivity contribution in [2.45, 2.75) is 59.4 Å². The van der Waals surface area contributed by atoms with Gasteiger partial charge in [-0.25, -0.2) is 0 Å². The van der Waals surface area contributed by atoms with Crippen LogP contribution in [0.15, 0.2) is 0 Å². The van der Waals surface area contributed by atoms with Gasteiger partial charge in [-0.1, -0.05) is 20.8 Å². The van der Waals surface area contributed by atoms with E-state index in [4.69, 9.17) is 0 Å². The predicted octanol–water partition coefficient (Wildman–Crippen LogP) is 2.79. The Morgan fingerprint density at radius 3 is 2.12 bits per heavy atom. The summed E-state index contributed by atoms with van der Waals surface area (Å²) in [5, 5.41) is 7.17. The van der Waals surface area contributed by atoms with E-state index in [0.29, 0.717) is 5.41 Å². The molecule has 1 saturated carbocycles. The topological polar surface area (TPSA) is 24.1 Å². The Labute approximate surface area is 102 Å². The fourth-order valence-corrected chi connectivity index (χ4v) is 2.51. The molecular formula is C14H30N2. The molecule has 0 radical (unpaired) electrons. The maximum absolute atomic E-state index is 3.65. The van der Waals surface area contributed by atoms with Crippen LogP contribution in [0.3, 0.4) is 0 Å². The third-order valence-electron chi connectivity index (χ3n) is 3.01. The Bertz CT molecular complexity index is 199. The zero-order valence-electron chi connectivity index (χ0n) is 11.8. The smallest absolute Gasteiger partial charge is 0.0130 e. The van der Waals surface area contributed by atoms with Crippen molar-refractivity contribution in [3.63, 3.8) is 0 Å². The van der Waals surface area contributed by atoms with E-state index in [1.807, 2.05) is 0 Å². The summed E-state index contributed by atoms with van der Waals surface area (Å²) in [4.78, 5) is 0. The first-order valence-electron chi connectivity index (χ1n) is 6.74. The number of hydrogen-bond acceptors (Lipinski definition) is 2. The lowest BCUT2D eigenvalue weighted by Gasteiger charge is -2.33. The highest BCUT2D eigenvalue weighted by Crippen LogP contribution is 2.27. The van der Waals surface area contributed by atoms with Crippen molar-refractivity contribution in [3.8, 4) is 0 Å². The first-order chi connectivity index (χ1) is 7.29. The monoisotopic (exact) mass is 226 g/mol. The minimum atomic E-state index is 0.250. The molecule has 16 heavy (non-hydrogen) atoms. The van der Waals surface area contributed by atoms with E-state index in [9.17, 15) is 0 Å². The highest BCUT2D eigenvalue weighted by molar-refractivity contribution is 4.83. The molecule has 0 saturated heterocycles. The minimum Gasteiger partial charge on any atom is -0.315 e. The molecule has 0 aromatic carbocycles. The van der Waals surface area contributed by atoms with E-state index < -0.39 is 0 Å². The number of rotatable bonds is 7. The summed E-state index contributed by atoms with van der Waals surface area (Å²) in [5.41, 5.74) is 0.650. The lowest BCUT2D eigenvalue weighted by molar-refractivity contribution is 0.242. The summed E-state index contributed by atoms with van der Waals surface area (Å²) in [6.07, 6.45) is 4.09. The second-order valence-electron chi connectivity index (χ2n) is 7.20. The molecule has 2 heteroatoms. The van der Waals surface area contributed by atoms with Crippen LogP contribution in [-0.2, 0) is 0 Å². The Kier molecular flexibility index (Phi) is 4.81. The Balaban J connectivity index is 2.04. The fraction of sp³-hybridized carbons (Fsp3) is 1.00. The highest BCUT2D eigenvalue weighted by Gasteiger charge is 2.24. The van der Waals surface area contributed by atoms with Gasteiger partial charge in [-0.3, -0.25) is 0 Å². The molecule has 0 heterocycles. The van der Waals surface area contributed by atoms with Crippen molar-refractivity contribution < 1.29 is 0 Å². The van der Waals surface area contributed by atoms with Crippen molar-refractivity contribution in [1.29, 1.82) is 0 Å². The molecule has 0 amide bonds. The SMILES string of the molecule is CC(C)(C)CC(C)(C)NCCNCC1CC1. The van der Waals surface area contributed by atoms with E-state index in [2.05, 4.69) is 45.3 Å². The lowest BCUT2D eigenvalue weighted by Crippen LogP contribution is -2.45. The van der Waals surface area contributed by atoms with Crippen LogP contribution in [-0.4, -0.2) is 25.2 Å². The van der Waals surface area contributed by atoms with Crippen molar-refractivity contribution in [2.75, 3.05) is 19.6 Å². The summed E-state index contributed by atoms with van der Waals surface area (Å²) in [6.45, 7) is 14.9. The van der Waals surface area contributed by atoms with Gasteiger partial charge in [0.15, 0.2) is 0 Å². The molecular weight excluding hydrogens is 196 g/mol. The minimum absolute atomic E-state index is 0.250. The quantitative estimate of drug-likeness (QED) is 0.652. The van der Waals surface area contributed by atoms with Gasteiger partial charge in [0.1, 0.15) is 0 Å². The van der Waals surface area contributed by atoms with E-state index in [1.54, 1.807) is 0 Å². The second kappa shape index (κ2) is 5.50. The average Bonchev–Trinajstić information content (AvgIpc) is 2.82. The van der Waals surface area contributed by atoms with Crippen LogP contribution in [0, 0.1) is 11.3 Å². The number of hydrogen-bond donors (Lipinski definition) is 2. The van der Waals surface area contributed by atoms with E-state index in [-0.39, 0.29) is 5.54 Å². The molecule has 0 unspecified atom stereocenters. The van der Waals surface area contributed by atoms with Crippen molar-refractivity contribution in [3.05, 3.63) is 0 Å². The van der Waals surface area contributed by atoms with Crippen molar-refractivity contribution in [1.82, 2.24) is 10.6 Å². The molecule has 1 aliphatic rings. The van der Waals surface area contributed by atoms with Crippen LogP contribution in [0.2, 0.25) is 0 Å². The third-order valence-corrected chi connectivity index (χ3v) is 3.01. The van der Waals surface area contributed by atoms with Gasteiger partial charge < -0.3 is 10.6 Å². The molecule has 0 atom stereocenters. The summed E-state index contributed by atoms with van der Waals surface area (Å²) in [5.74, 6) is 0.989. The third kappa shape index (κ3) is 7.24. The molecule has 1 aliphatic carbocycles.